The molecule has 1 aromatic heterocycles. The van der Waals surface area contributed by atoms with E-state index in [1.807, 2.05) is 4.57 Å². The second-order valence-electron chi connectivity index (χ2n) is 6.62. The van der Waals surface area contributed by atoms with Crippen LogP contribution in [0.2, 0.25) is 0 Å². The molecule has 1 aromatic carbocycles. The lowest BCUT2D eigenvalue weighted by Crippen LogP contribution is -2.12. The van der Waals surface area contributed by atoms with Crippen LogP contribution in [0, 0.1) is 0 Å². The number of nitrogens with zero attached hydrogens (tertiary/aromatic N) is 3. The summed E-state index contributed by atoms with van der Waals surface area (Å²) in [6.45, 7) is 4.20. The predicted molar refractivity (Wildman–Crippen MR) is 111 cm³/mol. The number of hydrogen-bond acceptors (Lipinski definition) is 8. The van der Waals surface area contributed by atoms with E-state index >= 15 is 0 Å². The van der Waals surface area contributed by atoms with Crippen molar-refractivity contribution in [1.29, 1.82) is 0 Å². The van der Waals surface area contributed by atoms with Gasteiger partial charge in [0.15, 0.2) is 20.8 Å². The quantitative estimate of drug-likeness (QED) is 0.335. The molecule has 8 nitrogen and oxygen atoms in total. The van der Waals surface area contributed by atoms with Crippen LogP contribution in [0.5, 0.6) is 11.5 Å². The fourth-order valence-electron chi connectivity index (χ4n) is 3.25. The van der Waals surface area contributed by atoms with Gasteiger partial charge >= 0.3 is 0 Å². The number of ether oxygens (including phenoxy) is 2. The van der Waals surface area contributed by atoms with Crippen molar-refractivity contribution < 1.29 is 22.7 Å². The molecule has 1 atom stereocenters. The largest absolute Gasteiger partial charge is 0.497 e. The number of carbonyl (C=O) groups excluding carboxylic acids is 1. The van der Waals surface area contributed by atoms with Crippen LogP contribution >= 0.6 is 11.8 Å². The van der Waals surface area contributed by atoms with Gasteiger partial charge in [-0.2, -0.15) is 0 Å². The van der Waals surface area contributed by atoms with Gasteiger partial charge in [-0.25, -0.2) is 8.42 Å². The predicted octanol–water partition coefficient (Wildman–Crippen LogP) is 2.36. The van der Waals surface area contributed by atoms with Gasteiger partial charge in [-0.1, -0.05) is 17.8 Å². The van der Waals surface area contributed by atoms with Crippen molar-refractivity contribution in [2.24, 2.45) is 0 Å². The highest BCUT2D eigenvalue weighted by molar-refractivity contribution is 7.99. The fourth-order valence-corrected chi connectivity index (χ4v) is 5.83. The summed E-state index contributed by atoms with van der Waals surface area (Å²) < 4.78 is 36.0. The van der Waals surface area contributed by atoms with Gasteiger partial charge in [0, 0.05) is 12.5 Å². The van der Waals surface area contributed by atoms with Gasteiger partial charge in [-0.05, 0) is 24.6 Å². The third-order valence-electron chi connectivity index (χ3n) is 4.69. The van der Waals surface area contributed by atoms with Crippen LogP contribution in [-0.2, 0) is 16.4 Å². The van der Waals surface area contributed by atoms with Crippen LogP contribution in [0.3, 0.4) is 0 Å². The Labute approximate surface area is 174 Å². The highest BCUT2D eigenvalue weighted by atomic mass is 32.2. The highest BCUT2D eigenvalue weighted by Crippen LogP contribution is 2.31. The van der Waals surface area contributed by atoms with Crippen LogP contribution in [0.15, 0.2) is 36.0 Å². The molecule has 0 N–H and O–H groups in total. The Morgan fingerprint density at radius 2 is 2.14 bits per heavy atom. The molecular weight excluding hydrogens is 414 g/mol. The topological polar surface area (TPSA) is 100 Å². The maximum absolute atomic E-state index is 12.8. The number of hydrogen-bond donors (Lipinski definition) is 0. The highest BCUT2D eigenvalue weighted by Gasteiger charge is 2.33. The van der Waals surface area contributed by atoms with Crippen LogP contribution in [0.4, 0.5) is 0 Å². The van der Waals surface area contributed by atoms with Gasteiger partial charge in [0.2, 0.25) is 0 Å². The number of thioether (sulfide) groups is 1. The van der Waals surface area contributed by atoms with E-state index < -0.39 is 9.84 Å². The second-order valence-corrected chi connectivity index (χ2v) is 9.79. The number of carbonyl (C=O) groups is 1. The van der Waals surface area contributed by atoms with E-state index in [0.29, 0.717) is 41.0 Å². The molecule has 1 fully saturated rings. The molecule has 0 saturated carbocycles. The van der Waals surface area contributed by atoms with E-state index in [1.54, 1.807) is 24.3 Å². The van der Waals surface area contributed by atoms with Crippen molar-refractivity contribution in [3.63, 3.8) is 0 Å². The molecular formula is C19H23N3O5S2. The Kier molecular flexibility index (Phi) is 6.63. The monoisotopic (exact) mass is 437 g/mol. The number of benzene rings is 1. The first-order valence-electron chi connectivity index (χ1n) is 9.01. The van der Waals surface area contributed by atoms with Crippen LogP contribution in [-0.4, -0.2) is 60.4 Å². The molecule has 1 aliphatic rings. The fraction of sp³-hybridized carbons (Fsp3) is 0.421. The summed E-state index contributed by atoms with van der Waals surface area (Å²) in [7, 11) is 0.00759. The molecule has 0 spiro atoms. The third kappa shape index (κ3) is 4.81. The van der Waals surface area contributed by atoms with Gasteiger partial charge in [0.1, 0.15) is 17.3 Å². The molecule has 29 heavy (non-hydrogen) atoms. The normalized spacial score (nSPS) is 17.8. The molecule has 0 radical (unpaired) electrons. The summed E-state index contributed by atoms with van der Waals surface area (Å²) in [6.07, 6.45) is 2.23. The molecule has 2 aromatic rings. The van der Waals surface area contributed by atoms with E-state index in [9.17, 15) is 13.2 Å². The van der Waals surface area contributed by atoms with Crippen molar-refractivity contribution >= 4 is 27.4 Å². The first-order valence-corrected chi connectivity index (χ1v) is 11.8. The molecule has 0 amide bonds. The Morgan fingerprint density at radius 3 is 2.76 bits per heavy atom. The lowest BCUT2D eigenvalue weighted by atomic mass is 10.1. The average molecular weight is 438 g/mol. The molecule has 0 aliphatic carbocycles. The molecule has 1 unspecified atom stereocenters. The van der Waals surface area contributed by atoms with Crippen LogP contribution < -0.4 is 9.47 Å². The Hall–Kier alpha value is -2.33. The van der Waals surface area contributed by atoms with Gasteiger partial charge in [0.25, 0.3) is 0 Å². The second kappa shape index (κ2) is 9.00. The summed E-state index contributed by atoms with van der Waals surface area (Å²) in [5.41, 5.74) is 0.427. The van der Waals surface area contributed by atoms with Gasteiger partial charge in [-0.15, -0.1) is 16.8 Å². The number of rotatable bonds is 9. The van der Waals surface area contributed by atoms with Crippen molar-refractivity contribution in [3.8, 4) is 11.5 Å². The van der Waals surface area contributed by atoms with Crippen LogP contribution in [0.25, 0.3) is 0 Å². The van der Waals surface area contributed by atoms with E-state index in [1.165, 1.54) is 26.0 Å². The zero-order valence-corrected chi connectivity index (χ0v) is 18.0. The number of allylic oxidation sites excluding steroid dienone is 1. The third-order valence-corrected chi connectivity index (χ3v) is 7.43. The number of methoxy groups -OCH3 is 2. The maximum atomic E-state index is 12.8. The van der Waals surface area contributed by atoms with Crippen molar-refractivity contribution in [1.82, 2.24) is 14.8 Å². The summed E-state index contributed by atoms with van der Waals surface area (Å²) in [5.74, 6) is 1.71. The SMILES string of the molecule is C=CCn1c(SCC(=O)c2cc(OC)ccc2OC)nnc1C1CCS(=O)(=O)C1. The first-order chi connectivity index (χ1) is 13.9. The molecule has 2 heterocycles. The lowest BCUT2D eigenvalue weighted by molar-refractivity contribution is 0.101. The minimum absolute atomic E-state index is 0.0763. The van der Waals surface area contributed by atoms with Crippen molar-refractivity contribution in [2.75, 3.05) is 31.5 Å². The standard InChI is InChI=1S/C19H23N3O5S2/c1-4-8-22-18(13-7-9-29(24,25)12-13)20-21-19(22)28-11-16(23)15-10-14(26-2)5-6-17(15)27-3/h4-6,10,13H,1,7-9,11-12H2,2-3H3. The smallest absolute Gasteiger partial charge is 0.191 e. The van der Waals surface area contributed by atoms with Gasteiger partial charge in [0.05, 0.1) is 37.0 Å². The number of aromatic nitrogens is 3. The first kappa shape index (κ1) is 21.4. The van der Waals surface area contributed by atoms with Gasteiger partial charge < -0.3 is 14.0 Å². The summed E-state index contributed by atoms with van der Waals surface area (Å²) >= 11 is 1.25. The Bertz CT molecular complexity index is 1020. The molecule has 1 saturated heterocycles. The van der Waals surface area contributed by atoms with Crippen molar-refractivity contribution in [3.05, 3.63) is 42.2 Å². The summed E-state index contributed by atoms with van der Waals surface area (Å²) in [6, 6.07) is 5.06. The molecule has 10 heteroatoms. The van der Waals surface area contributed by atoms with Gasteiger partial charge in [-0.3, -0.25) is 4.79 Å². The zero-order valence-electron chi connectivity index (χ0n) is 16.3. The number of ketones is 1. The Morgan fingerprint density at radius 1 is 1.34 bits per heavy atom. The number of sulfone groups is 1. The molecule has 1 aliphatic heterocycles. The van der Waals surface area contributed by atoms with E-state index in [-0.39, 0.29) is 29.0 Å². The van der Waals surface area contributed by atoms with Crippen LogP contribution in [0.1, 0.15) is 28.5 Å². The minimum atomic E-state index is -3.04. The van der Waals surface area contributed by atoms with E-state index in [4.69, 9.17) is 9.47 Å². The molecule has 0 bridgehead atoms. The number of Topliss-reactive ketones (excluding diaryl/α,β-unsaturated/α-hetero) is 1. The summed E-state index contributed by atoms with van der Waals surface area (Å²) in [4.78, 5) is 12.8. The molecule has 156 valence electrons. The van der Waals surface area contributed by atoms with E-state index in [0.717, 1.165) is 0 Å². The van der Waals surface area contributed by atoms with E-state index in [2.05, 4.69) is 16.8 Å². The molecule has 3 rings (SSSR count). The minimum Gasteiger partial charge on any atom is -0.497 e. The Balaban J connectivity index is 1.79. The average Bonchev–Trinajstić information content (AvgIpc) is 3.28. The zero-order chi connectivity index (χ0) is 21.0. The maximum Gasteiger partial charge on any atom is 0.191 e. The lowest BCUT2D eigenvalue weighted by Gasteiger charge is -2.12. The summed E-state index contributed by atoms with van der Waals surface area (Å²) in [5, 5.41) is 8.97. The van der Waals surface area contributed by atoms with Crippen molar-refractivity contribution in [2.45, 2.75) is 24.0 Å².